The number of carbonyl (C=O) groups excluding carboxylic acids is 1. The highest BCUT2D eigenvalue weighted by atomic mass is 16.5. The van der Waals surface area contributed by atoms with E-state index in [1.807, 2.05) is 36.4 Å². The highest BCUT2D eigenvalue weighted by molar-refractivity contribution is 5.85. The van der Waals surface area contributed by atoms with Crippen molar-refractivity contribution in [2.24, 2.45) is 0 Å². The molecule has 1 aliphatic rings. The maximum Gasteiger partial charge on any atom is 0.411 e. The number of anilines is 1. The van der Waals surface area contributed by atoms with Crippen LogP contribution in [0.15, 0.2) is 48.6 Å². The van der Waals surface area contributed by atoms with Gasteiger partial charge in [0.15, 0.2) is 0 Å². The van der Waals surface area contributed by atoms with E-state index < -0.39 is 6.09 Å². The van der Waals surface area contributed by atoms with Crippen molar-refractivity contribution in [2.45, 2.75) is 12.3 Å². The summed E-state index contributed by atoms with van der Waals surface area (Å²) in [6.07, 6.45) is 8.84. The fourth-order valence-corrected chi connectivity index (χ4v) is 1.91. The van der Waals surface area contributed by atoms with Gasteiger partial charge in [-0.15, -0.1) is 0 Å². The number of allylic oxidation sites excluding steroid dienone is 4. The van der Waals surface area contributed by atoms with E-state index in [1.54, 1.807) is 0 Å². The van der Waals surface area contributed by atoms with Crippen LogP contribution in [0, 0.1) is 0 Å². The lowest BCUT2D eigenvalue weighted by molar-refractivity contribution is 0.187. The number of methoxy groups -OCH3 is 1. The van der Waals surface area contributed by atoms with Crippen molar-refractivity contribution in [3.63, 3.8) is 0 Å². The molecule has 1 unspecified atom stereocenters. The fraction of sp³-hybridized carbons (Fsp3) is 0.214. The van der Waals surface area contributed by atoms with Gasteiger partial charge in [-0.1, -0.05) is 42.5 Å². The van der Waals surface area contributed by atoms with Crippen LogP contribution in [0.4, 0.5) is 10.5 Å². The topological polar surface area (TPSA) is 38.3 Å². The second-order valence-corrected chi connectivity index (χ2v) is 3.86. The summed E-state index contributed by atoms with van der Waals surface area (Å²) in [6.45, 7) is 0. The molecule has 0 heterocycles. The number of hydrogen-bond acceptors (Lipinski definition) is 2. The van der Waals surface area contributed by atoms with Crippen LogP contribution >= 0.6 is 0 Å². The van der Waals surface area contributed by atoms with Crippen LogP contribution in [0.3, 0.4) is 0 Å². The minimum Gasteiger partial charge on any atom is -0.453 e. The van der Waals surface area contributed by atoms with Gasteiger partial charge in [-0.2, -0.15) is 0 Å². The fourth-order valence-electron chi connectivity index (χ4n) is 1.91. The van der Waals surface area contributed by atoms with Gasteiger partial charge in [0.25, 0.3) is 0 Å². The third kappa shape index (κ3) is 2.75. The van der Waals surface area contributed by atoms with Crippen molar-refractivity contribution in [1.29, 1.82) is 0 Å². The molecule has 0 aliphatic heterocycles. The Morgan fingerprint density at radius 1 is 1.35 bits per heavy atom. The first-order chi connectivity index (χ1) is 8.31. The maximum absolute atomic E-state index is 11.3. The Bertz CT molecular complexity index is 463. The molecule has 0 spiro atoms. The van der Waals surface area contributed by atoms with Crippen LogP contribution in [0.1, 0.15) is 17.9 Å². The van der Waals surface area contributed by atoms with Gasteiger partial charge < -0.3 is 4.74 Å². The van der Waals surface area contributed by atoms with Crippen LogP contribution in [-0.2, 0) is 4.74 Å². The van der Waals surface area contributed by atoms with E-state index in [4.69, 9.17) is 0 Å². The van der Waals surface area contributed by atoms with Gasteiger partial charge in [0.2, 0.25) is 0 Å². The summed E-state index contributed by atoms with van der Waals surface area (Å²) in [7, 11) is 1.36. The van der Waals surface area contributed by atoms with Gasteiger partial charge in [-0.05, 0) is 18.1 Å². The number of benzene rings is 1. The van der Waals surface area contributed by atoms with Crippen molar-refractivity contribution >= 4 is 11.8 Å². The van der Waals surface area contributed by atoms with Crippen LogP contribution in [0.5, 0.6) is 0 Å². The summed E-state index contributed by atoms with van der Waals surface area (Å²) in [6, 6.07) is 7.79. The third-order valence-corrected chi connectivity index (χ3v) is 2.76. The molecule has 3 nitrogen and oxygen atoms in total. The summed E-state index contributed by atoms with van der Waals surface area (Å²) >= 11 is 0. The summed E-state index contributed by atoms with van der Waals surface area (Å²) < 4.78 is 4.61. The summed E-state index contributed by atoms with van der Waals surface area (Å²) in [5.41, 5.74) is 1.92. The number of hydrogen-bond donors (Lipinski definition) is 1. The van der Waals surface area contributed by atoms with E-state index in [-0.39, 0.29) is 0 Å². The molecule has 1 atom stereocenters. The molecule has 0 saturated heterocycles. The van der Waals surface area contributed by atoms with E-state index >= 15 is 0 Å². The van der Waals surface area contributed by atoms with E-state index in [0.29, 0.717) is 5.92 Å². The van der Waals surface area contributed by atoms with Crippen molar-refractivity contribution < 1.29 is 9.53 Å². The van der Waals surface area contributed by atoms with Crippen molar-refractivity contribution in [1.82, 2.24) is 0 Å². The van der Waals surface area contributed by atoms with Crippen LogP contribution in [-0.4, -0.2) is 13.2 Å². The van der Waals surface area contributed by atoms with Crippen molar-refractivity contribution in [2.75, 3.05) is 12.4 Å². The monoisotopic (exact) mass is 229 g/mol. The molecule has 1 amide bonds. The van der Waals surface area contributed by atoms with Gasteiger partial charge in [-0.3, -0.25) is 5.32 Å². The Balaban J connectivity index is 2.24. The van der Waals surface area contributed by atoms with E-state index in [0.717, 1.165) is 17.7 Å². The van der Waals surface area contributed by atoms with Crippen molar-refractivity contribution in [3.05, 3.63) is 54.1 Å². The Morgan fingerprint density at radius 3 is 2.88 bits per heavy atom. The smallest absolute Gasteiger partial charge is 0.411 e. The summed E-state index contributed by atoms with van der Waals surface area (Å²) in [5, 5.41) is 2.74. The quantitative estimate of drug-likeness (QED) is 0.843. The number of amides is 1. The number of rotatable bonds is 2. The Morgan fingerprint density at radius 2 is 2.18 bits per heavy atom. The molecule has 1 aliphatic carbocycles. The molecule has 3 heteroatoms. The summed E-state index contributed by atoms with van der Waals surface area (Å²) in [5.74, 6) is 0.313. The van der Waals surface area contributed by atoms with Gasteiger partial charge in [-0.25, -0.2) is 4.79 Å². The van der Waals surface area contributed by atoms with E-state index in [1.165, 1.54) is 7.11 Å². The molecule has 1 N–H and O–H groups in total. The number of ether oxygens (including phenoxy) is 1. The van der Waals surface area contributed by atoms with Gasteiger partial charge in [0, 0.05) is 11.6 Å². The maximum atomic E-state index is 11.3. The first kappa shape index (κ1) is 11.5. The Hall–Kier alpha value is -2.03. The van der Waals surface area contributed by atoms with Crippen molar-refractivity contribution in [3.8, 4) is 0 Å². The highest BCUT2D eigenvalue weighted by Gasteiger charge is 2.13. The normalized spacial score (nSPS) is 17.8. The zero-order valence-corrected chi connectivity index (χ0v) is 9.72. The predicted octanol–water partition coefficient (Wildman–Crippen LogP) is 3.46. The van der Waals surface area contributed by atoms with Gasteiger partial charge >= 0.3 is 6.09 Å². The lowest BCUT2D eigenvalue weighted by atomic mass is 9.91. The molecule has 0 fully saturated rings. The summed E-state index contributed by atoms with van der Waals surface area (Å²) in [4.78, 5) is 11.3. The van der Waals surface area contributed by atoms with Gasteiger partial charge in [0.1, 0.15) is 0 Å². The molecule has 0 bridgehead atoms. The molecular formula is C14H15NO2. The van der Waals surface area contributed by atoms with Gasteiger partial charge in [0.05, 0.1) is 7.11 Å². The molecule has 0 saturated carbocycles. The molecule has 2 rings (SSSR count). The second-order valence-electron chi connectivity index (χ2n) is 3.86. The average molecular weight is 229 g/mol. The lowest BCUT2D eigenvalue weighted by Gasteiger charge is -2.17. The standard InChI is InChI=1S/C14H15NO2/c1-17-14(16)15-13-10-6-5-9-12(13)11-7-3-2-4-8-11/h2-7,9-11H,8H2,1H3,(H,15,16). The SMILES string of the molecule is COC(=O)Nc1ccccc1C1C=CC=CC1. The Labute approximate surface area is 101 Å². The van der Waals surface area contributed by atoms with Crippen LogP contribution in [0.25, 0.3) is 0 Å². The highest BCUT2D eigenvalue weighted by Crippen LogP contribution is 2.30. The van der Waals surface area contributed by atoms with Crippen LogP contribution < -0.4 is 5.32 Å². The second kappa shape index (κ2) is 5.34. The van der Waals surface area contributed by atoms with E-state index in [9.17, 15) is 4.79 Å². The minimum absolute atomic E-state index is 0.313. The van der Waals surface area contributed by atoms with Crippen LogP contribution in [0.2, 0.25) is 0 Å². The molecule has 88 valence electrons. The predicted molar refractivity (Wildman–Crippen MR) is 68.1 cm³/mol. The minimum atomic E-state index is -0.437. The first-order valence-corrected chi connectivity index (χ1v) is 5.58. The zero-order chi connectivity index (χ0) is 12.1. The average Bonchev–Trinajstić information content (AvgIpc) is 2.40. The molecule has 0 aromatic heterocycles. The lowest BCUT2D eigenvalue weighted by Crippen LogP contribution is -2.13. The molecule has 17 heavy (non-hydrogen) atoms. The number of para-hydroxylation sites is 1. The molecule has 1 aromatic rings. The Kier molecular flexibility index (Phi) is 3.60. The molecular weight excluding hydrogens is 214 g/mol. The third-order valence-electron chi connectivity index (χ3n) is 2.76. The number of carbonyl (C=O) groups is 1. The largest absolute Gasteiger partial charge is 0.453 e. The first-order valence-electron chi connectivity index (χ1n) is 5.58. The zero-order valence-electron chi connectivity index (χ0n) is 9.72. The molecule has 1 aromatic carbocycles. The number of nitrogens with one attached hydrogen (secondary N) is 1. The van der Waals surface area contributed by atoms with E-state index in [2.05, 4.69) is 22.2 Å². The molecule has 0 radical (unpaired) electrons.